The van der Waals surface area contributed by atoms with E-state index in [1.165, 1.54) is 18.2 Å². The zero-order valence-electron chi connectivity index (χ0n) is 9.15. The minimum atomic E-state index is -0.413. The summed E-state index contributed by atoms with van der Waals surface area (Å²) in [5.74, 6) is 0.251. The number of rotatable bonds is 3. The molecule has 0 aliphatic heterocycles. The van der Waals surface area contributed by atoms with Gasteiger partial charge in [-0.2, -0.15) is 4.98 Å². The summed E-state index contributed by atoms with van der Waals surface area (Å²) in [5, 5.41) is 3.99. The molecule has 17 heavy (non-hydrogen) atoms. The lowest BCUT2D eigenvalue weighted by atomic mass is 10.2. The van der Waals surface area contributed by atoms with Crippen molar-refractivity contribution in [2.45, 2.75) is 19.4 Å². The first-order valence-corrected chi connectivity index (χ1v) is 5.54. The normalized spacial score (nSPS) is 12.7. The predicted octanol–water partition coefficient (Wildman–Crippen LogP) is 2.94. The fourth-order valence-electron chi connectivity index (χ4n) is 1.34. The summed E-state index contributed by atoms with van der Waals surface area (Å²) in [6, 6.07) is 3.70. The Hall–Kier alpha value is -1.46. The molecular weight excluding hydrogens is 245 g/mol. The predicted molar refractivity (Wildman–Crippen MR) is 61.9 cm³/mol. The largest absolute Gasteiger partial charge is 0.334 e. The highest BCUT2D eigenvalue weighted by Crippen LogP contribution is 2.27. The van der Waals surface area contributed by atoms with Gasteiger partial charge in [0.05, 0.1) is 16.6 Å². The molecule has 90 valence electrons. The van der Waals surface area contributed by atoms with Gasteiger partial charge in [0, 0.05) is 0 Å². The molecule has 1 aromatic heterocycles. The van der Waals surface area contributed by atoms with Crippen molar-refractivity contribution < 1.29 is 8.91 Å². The molecule has 0 bridgehead atoms. The molecular formula is C11H11ClFN3O. The molecule has 0 saturated carbocycles. The second-order valence-corrected chi connectivity index (χ2v) is 4.00. The lowest BCUT2D eigenvalue weighted by Crippen LogP contribution is -2.10. The molecule has 0 fully saturated rings. The zero-order chi connectivity index (χ0) is 12.4. The van der Waals surface area contributed by atoms with Gasteiger partial charge in [-0.3, -0.25) is 0 Å². The van der Waals surface area contributed by atoms with Crippen molar-refractivity contribution in [1.82, 2.24) is 10.1 Å². The quantitative estimate of drug-likeness (QED) is 0.916. The number of hydrogen-bond acceptors (Lipinski definition) is 4. The highest BCUT2D eigenvalue weighted by atomic mass is 35.5. The smallest absolute Gasteiger partial charge is 0.259 e. The Labute approximate surface area is 103 Å². The topological polar surface area (TPSA) is 64.9 Å². The van der Waals surface area contributed by atoms with Gasteiger partial charge in [0.25, 0.3) is 5.89 Å². The Kier molecular flexibility index (Phi) is 3.40. The number of benzene rings is 1. The van der Waals surface area contributed by atoms with Crippen LogP contribution in [0, 0.1) is 5.82 Å². The SMILES string of the molecule is CCC(N)c1noc(-c2ccc(F)cc2Cl)n1. The summed E-state index contributed by atoms with van der Waals surface area (Å²) >= 11 is 5.89. The molecule has 2 rings (SSSR count). The highest BCUT2D eigenvalue weighted by molar-refractivity contribution is 6.33. The first-order chi connectivity index (χ1) is 8.11. The van der Waals surface area contributed by atoms with Crippen LogP contribution < -0.4 is 5.73 Å². The van der Waals surface area contributed by atoms with Gasteiger partial charge in [-0.25, -0.2) is 4.39 Å². The van der Waals surface area contributed by atoms with Crippen LogP contribution in [0.15, 0.2) is 22.7 Å². The Morgan fingerprint density at radius 2 is 2.29 bits per heavy atom. The summed E-state index contributed by atoms with van der Waals surface area (Å²) < 4.78 is 17.9. The summed E-state index contributed by atoms with van der Waals surface area (Å²) in [6.45, 7) is 1.92. The number of halogens is 2. The molecule has 0 amide bonds. The van der Waals surface area contributed by atoms with Gasteiger partial charge in [-0.15, -0.1) is 0 Å². The minimum absolute atomic E-state index is 0.227. The molecule has 4 nitrogen and oxygen atoms in total. The van der Waals surface area contributed by atoms with E-state index in [9.17, 15) is 4.39 Å². The fourth-order valence-corrected chi connectivity index (χ4v) is 1.59. The zero-order valence-corrected chi connectivity index (χ0v) is 9.91. The average molecular weight is 256 g/mol. The first-order valence-electron chi connectivity index (χ1n) is 5.16. The number of nitrogens with zero attached hydrogens (tertiary/aromatic N) is 2. The minimum Gasteiger partial charge on any atom is -0.334 e. The van der Waals surface area contributed by atoms with Gasteiger partial charge in [0.2, 0.25) is 0 Å². The molecule has 1 atom stereocenters. The van der Waals surface area contributed by atoms with Crippen LogP contribution in [-0.4, -0.2) is 10.1 Å². The summed E-state index contributed by atoms with van der Waals surface area (Å²) in [7, 11) is 0. The van der Waals surface area contributed by atoms with Crippen molar-refractivity contribution in [2.75, 3.05) is 0 Å². The molecule has 1 aromatic carbocycles. The van der Waals surface area contributed by atoms with Crippen molar-refractivity contribution in [1.29, 1.82) is 0 Å². The Morgan fingerprint density at radius 3 is 2.94 bits per heavy atom. The third kappa shape index (κ3) is 2.45. The van der Waals surface area contributed by atoms with Crippen molar-refractivity contribution in [3.8, 4) is 11.5 Å². The lowest BCUT2D eigenvalue weighted by Gasteiger charge is -2.00. The number of aromatic nitrogens is 2. The summed E-state index contributed by atoms with van der Waals surface area (Å²) in [4.78, 5) is 4.13. The Bertz CT molecular complexity index is 529. The molecule has 0 aliphatic carbocycles. The average Bonchev–Trinajstić information content (AvgIpc) is 2.77. The maximum atomic E-state index is 12.9. The molecule has 1 heterocycles. The fraction of sp³-hybridized carbons (Fsp3) is 0.273. The summed E-state index contributed by atoms with van der Waals surface area (Å²) in [5.41, 5.74) is 6.27. The Morgan fingerprint density at radius 1 is 1.53 bits per heavy atom. The highest BCUT2D eigenvalue weighted by Gasteiger charge is 2.15. The maximum Gasteiger partial charge on any atom is 0.259 e. The van der Waals surface area contributed by atoms with Crippen LogP contribution in [-0.2, 0) is 0 Å². The van der Waals surface area contributed by atoms with Gasteiger partial charge in [-0.1, -0.05) is 23.7 Å². The molecule has 0 spiro atoms. The van der Waals surface area contributed by atoms with E-state index in [0.29, 0.717) is 17.8 Å². The van der Waals surface area contributed by atoms with Crippen LogP contribution >= 0.6 is 11.6 Å². The van der Waals surface area contributed by atoms with Gasteiger partial charge in [0.1, 0.15) is 5.82 Å². The van der Waals surface area contributed by atoms with Crippen LogP contribution in [0.5, 0.6) is 0 Å². The number of hydrogen-bond donors (Lipinski definition) is 1. The van der Waals surface area contributed by atoms with E-state index < -0.39 is 5.82 Å². The summed E-state index contributed by atoms with van der Waals surface area (Å²) in [6.07, 6.45) is 0.704. The molecule has 2 aromatic rings. The van der Waals surface area contributed by atoms with Crippen molar-refractivity contribution in [3.05, 3.63) is 34.9 Å². The molecule has 1 unspecified atom stereocenters. The van der Waals surface area contributed by atoms with Crippen LogP contribution in [0.4, 0.5) is 4.39 Å². The number of nitrogens with two attached hydrogens (primary N) is 1. The van der Waals surface area contributed by atoms with E-state index >= 15 is 0 Å². The standard InChI is InChI=1S/C11H11ClFN3O/c1-2-9(14)10-15-11(17-16-10)7-4-3-6(13)5-8(7)12/h3-5,9H,2,14H2,1H3. The van der Waals surface area contributed by atoms with Gasteiger partial charge >= 0.3 is 0 Å². The molecule has 0 radical (unpaired) electrons. The van der Waals surface area contributed by atoms with E-state index in [-0.39, 0.29) is 17.0 Å². The van der Waals surface area contributed by atoms with E-state index in [2.05, 4.69) is 10.1 Å². The molecule has 0 saturated heterocycles. The van der Waals surface area contributed by atoms with E-state index in [4.69, 9.17) is 21.9 Å². The van der Waals surface area contributed by atoms with E-state index in [1.54, 1.807) is 0 Å². The first kappa shape index (κ1) is 12.0. The van der Waals surface area contributed by atoms with Crippen molar-refractivity contribution in [3.63, 3.8) is 0 Å². The molecule has 6 heteroatoms. The third-order valence-corrected chi connectivity index (χ3v) is 2.69. The molecule has 0 aliphatic rings. The van der Waals surface area contributed by atoms with Crippen LogP contribution in [0.2, 0.25) is 5.02 Å². The second kappa shape index (κ2) is 4.81. The van der Waals surface area contributed by atoms with Gasteiger partial charge < -0.3 is 10.3 Å². The van der Waals surface area contributed by atoms with Crippen LogP contribution in [0.25, 0.3) is 11.5 Å². The maximum absolute atomic E-state index is 12.9. The van der Waals surface area contributed by atoms with Gasteiger partial charge in [0.15, 0.2) is 5.82 Å². The van der Waals surface area contributed by atoms with Crippen molar-refractivity contribution >= 4 is 11.6 Å². The van der Waals surface area contributed by atoms with Crippen molar-refractivity contribution in [2.24, 2.45) is 5.73 Å². The lowest BCUT2D eigenvalue weighted by molar-refractivity contribution is 0.415. The van der Waals surface area contributed by atoms with Crippen LogP contribution in [0.1, 0.15) is 25.2 Å². The van der Waals surface area contributed by atoms with E-state index in [0.717, 1.165) is 0 Å². The monoisotopic (exact) mass is 255 g/mol. The van der Waals surface area contributed by atoms with E-state index in [1.807, 2.05) is 6.92 Å². The van der Waals surface area contributed by atoms with Crippen LogP contribution in [0.3, 0.4) is 0 Å². The molecule has 2 N–H and O–H groups in total. The second-order valence-electron chi connectivity index (χ2n) is 3.60. The van der Waals surface area contributed by atoms with Gasteiger partial charge in [-0.05, 0) is 24.6 Å². The Balaban J connectivity index is 2.37. The third-order valence-electron chi connectivity index (χ3n) is 2.37.